The summed E-state index contributed by atoms with van der Waals surface area (Å²) in [5, 5.41) is 8.64. The number of hydrogen-bond donors (Lipinski definition) is 2. The van der Waals surface area contributed by atoms with E-state index in [0.717, 1.165) is 43.6 Å². The number of aromatic amines is 2. The Bertz CT molecular complexity index is 1330. The second-order valence-electron chi connectivity index (χ2n) is 8.97. The first-order valence-corrected chi connectivity index (χ1v) is 11.8. The summed E-state index contributed by atoms with van der Waals surface area (Å²) < 4.78 is 4.71. The zero-order valence-corrected chi connectivity index (χ0v) is 19.7. The lowest BCUT2D eigenvalue weighted by atomic mass is 10.0. The number of hydrogen-bond acceptors (Lipinski definition) is 4. The molecule has 174 valence electrons. The Morgan fingerprint density at radius 1 is 1.24 bits per heavy atom. The topological polar surface area (TPSA) is 74.0 Å². The Morgan fingerprint density at radius 2 is 2.12 bits per heavy atom. The van der Waals surface area contributed by atoms with Crippen LogP contribution in [-0.2, 0) is 28.9 Å². The Balaban J connectivity index is 1.39. The van der Waals surface area contributed by atoms with Crippen molar-refractivity contribution in [1.82, 2.24) is 20.1 Å². The molecule has 1 atom stereocenters. The van der Waals surface area contributed by atoms with Crippen molar-refractivity contribution in [3.63, 3.8) is 0 Å². The van der Waals surface area contributed by atoms with Gasteiger partial charge in [-0.05, 0) is 60.6 Å². The van der Waals surface area contributed by atoms with Crippen LogP contribution < -0.4 is 0 Å². The summed E-state index contributed by atoms with van der Waals surface area (Å²) in [7, 11) is 1.40. The summed E-state index contributed by atoms with van der Waals surface area (Å²) in [6.45, 7) is 3.90. The number of nitrogens with zero attached hydrogens (tertiary/aromatic N) is 2. The first-order chi connectivity index (χ1) is 16.6. The number of rotatable bonds is 8. The van der Waals surface area contributed by atoms with Crippen molar-refractivity contribution in [3.8, 4) is 0 Å². The molecule has 0 spiro atoms. The van der Waals surface area contributed by atoms with Crippen molar-refractivity contribution in [3.05, 3.63) is 94.4 Å². The molecule has 1 aliphatic carbocycles. The van der Waals surface area contributed by atoms with Gasteiger partial charge in [0.2, 0.25) is 0 Å². The Hall–Kier alpha value is -3.64. The zero-order chi connectivity index (χ0) is 23.5. The first-order valence-electron chi connectivity index (χ1n) is 11.8. The number of nitrogens with one attached hydrogen (secondary N) is 2. The summed E-state index contributed by atoms with van der Waals surface area (Å²) in [6.07, 6.45) is 10.5. The average Bonchev–Trinajstić information content (AvgIpc) is 3.58. The minimum absolute atomic E-state index is 0.336. The van der Waals surface area contributed by atoms with E-state index in [-0.39, 0.29) is 5.97 Å². The third-order valence-electron chi connectivity index (χ3n) is 6.92. The maximum absolute atomic E-state index is 11.5. The average molecular weight is 455 g/mol. The van der Waals surface area contributed by atoms with Gasteiger partial charge in [0.1, 0.15) is 0 Å². The standard InChI is InChI=1S/C28H30N4O2/c1-19-23(17-30-31-19)18-32(14-13-22-16-29-26-6-4-3-5-24(22)26)27-11-9-21-15-20(7-10-25(21)27)8-12-28(33)34-2/h3-8,10,12,15-17,27,29H,9,11,13-14,18H2,1-2H3,(H,30,31)/b12-8+. The van der Waals surface area contributed by atoms with Gasteiger partial charge in [-0.3, -0.25) is 10.00 Å². The number of methoxy groups -OCH3 is 1. The monoisotopic (exact) mass is 454 g/mol. The van der Waals surface area contributed by atoms with E-state index in [1.807, 2.05) is 12.3 Å². The molecule has 2 N–H and O–H groups in total. The van der Waals surface area contributed by atoms with Gasteiger partial charge >= 0.3 is 5.97 Å². The van der Waals surface area contributed by atoms with Crippen LogP contribution in [0.25, 0.3) is 17.0 Å². The van der Waals surface area contributed by atoms with Crippen LogP contribution in [-0.4, -0.2) is 39.7 Å². The first kappa shape index (κ1) is 22.2. The normalized spacial score (nSPS) is 15.4. The van der Waals surface area contributed by atoms with Crippen LogP contribution >= 0.6 is 0 Å². The molecule has 0 radical (unpaired) electrons. The second-order valence-corrected chi connectivity index (χ2v) is 8.97. The van der Waals surface area contributed by atoms with Crippen LogP contribution in [0.1, 0.15) is 46.0 Å². The van der Waals surface area contributed by atoms with Gasteiger partial charge in [-0.1, -0.05) is 36.4 Å². The number of carbonyl (C=O) groups is 1. The maximum Gasteiger partial charge on any atom is 0.330 e. The van der Waals surface area contributed by atoms with Crippen molar-refractivity contribution >= 4 is 22.9 Å². The predicted octanol–water partition coefficient (Wildman–Crippen LogP) is 5.12. The molecule has 34 heavy (non-hydrogen) atoms. The van der Waals surface area contributed by atoms with Crippen LogP contribution in [0.15, 0.2) is 60.9 Å². The third kappa shape index (κ3) is 4.54. The Morgan fingerprint density at radius 3 is 2.94 bits per heavy atom. The third-order valence-corrected chi connectivity index (χ3v) is 6.92. The summed E-state index contributed by atoms with van der Waals surface area (Å²) in [5.74, 6) is -0.336. The van der Waals surface area contributed by atoms with Gasteiger partial charge < -0.3 is 9.72 Å². The van der Waals surface area contributed by atoms with Crippen molar-refractivity contribution in [2.45, 2.75) is 38.8 Å². The Kier molecular flexibility index (Phi) is 6.32. The fourth-order valence-electron chi connectivity index (χ4n) is 5.03. The highest BCUT2D eigenvalue weighted by molar-refractivity contribution is 5.87. The van der Waals surface area contributed by atoms with E-state index in [9.17, 15) is 4.79 Å². The SMILES string of the molecule is COC(=O)/C=C/c1ccc2c(c1)CCC2N(CCc1c[nH]c2ccccc12)Cc1cn[nH]c1C. The number of esters is 1. The highest BCUT2D eigenvalue weighted by Crippen LogP contribution is 2.37. The van der Waals surface area contributed by atoms with E-state index in [2.05, 4.69) is 75.7 Å². The molecular weight excluding hydrogens is 424 g/mol. The number of para-hydroxylation sites is 1. The molecule has 5 rings (SSSR count). The van der Waals surface area contributed by atoms with Crippen LogP contribution in [0.5, 0.6) is 0 Å². The molecule has 2 aromatic heterocycles. The molecule has 0 bridgehead atoms. The minimum atomic E-state index is -0.336. The molecule has 2 heterocycles. The maximum atomic E-state index is 11.5. The Labute approximate surface area is 199 Å². The molecule has 6 nitrogen and oxygen atoms in total. The van der Waals surface area contributed by atoms with Crippen LogP contribution in [0.3, 0.4) is 0 Å². The van der Waals surface area contributed by atoms with E-state index < -0.39 is 0 Å². The molecule has 0 aliphatic heterocycles. The second kappa shape index (κ2) is 9.69. The van der Waals surface area contributed by atoms with Gasteiger partial charge in [-0.25, -0.2) is 4.79 Å². The van der Waals surface area contributed by atoms with E-state index in [0.29, 0.717) is 6.04 Å². The highest BCUT2D eigenvalue weighted by Gasteiger charge is 2.28. The molecule has 0 saturated carbocycles. The fraction of sp³-hybridized carbons (Fsp3) is 0.286. The van der Waals surface area contributed by atoms with Crippen LogP contribution in [0.4, 0.5) is 0 Å². The van der Waals surface area contributed by atoms with Gasteiger partial charge in [-0.2, -0.15) is 5.10 Å². The molecule has 4 aromatic rings. The van der Waals surface area contributed by atoms with Crippen LogP contribution in [0, 0.1) is 6.92 Å². The molecule has 2 aromatic carbocycles. The van der Waals surface area contributed by atoms with Gasteiger partial charge in [0.15, 0.2) is 0 Å². The summed E-state index contributed by atoms with van der Waals surface area (Å²) in [6, 6.07) is 15.4. The lowest BCUT2D eigenvalue weighted by Gasteiger charge is -2.29. The number of ether oxygens (including phenoxy) is 1. The zero-order valence-electron chi connectivity index (χ0n) is 19.7. The lowest BCUT2D eigenvalue weighted by molar-refractivity contribution is -0.134. The molecule has 0 amide bonds. The largest absolute Gasteiger partial charge is 0.466 e. The highest BCUT2D eigenvalue weighted by atomic mass is 16.5. The van der Waals surface area contributed by atoms with E-state index in [1.165, 1.54) is 46.3 Å². The molecule has 6 heteroatoms. The predicted molar refractivity (Wildman–Crippen MR) is 134 cm³/mol. The summed E-state index contributed by atoms with van der Waals surface area (Å²) in [4.78, 5) is 17.5. The van der Waals surface area contributed by atoms with Crippen molar-refractivity contribution in [2.24, 2.45) is 0 Å². The van der Waals surface area contributed by atoms with E-state index in [1.54, 1.807) is 0 Å². The molecule has 1 aliphatic rings. The van der Waals surface area contributed by atoms with E-state index >= 15 is 0 Å². The molecular formula is C28H30N4O2. The van der Waals surface area contributed by atoms with Crippen molar-refractivity contribution < 1.29 is 9.53 Å². The quantitative estimate of drug-likeness (QED) is 0.286. The van der Waals surface area contributed by atoms with E-state index in [4.69, 9.17) is 4.74 Å². The molecule has 0 saturated heterocycles. The van der Waals surface area contributed by atoms with Crippen LogP contribution in [0.2, 0.25) is 0 Å². The fourth-order valence-corrected chi connectivity index (χ4v) is 5.03. The van der Waals surface area contributed by atoms with Gasteiger partial charge in [0.05, 0.1) is 13.3 Å². The lowest BCUT2D eigenvalue weighted by Crippen LogP contribution is -2.29. The summed E-state index contributed by atoms with van der Waals surface area (Å²) >= 11 is 0. The number of fused-ring (bicyclic) bond motifs is 2. The summed E-state index contributed by atoms with van der Waals surface area (Å²) in [5.41, 5.74) is 8.68. The number of aryl methyl sites for hydroxylation is 2. The molecule has 1 unspecified atom stereocenters. The smallest absolute Gasteiger partial charge is 0.330 e. The number of aromatic nitrogens is 3. The van der Waals surface area contributed by atoms with Gasteiger partial charge in [0.25, 0.3) is 0 Å². The molecule has 0 fully saturated rings. The van der Waals surface area contributed by atoms with Gasteiger partial charge in [-0.15, -0.1) is 0 Å². The minimum Gasteiger partial charge on any atom is -0.466 e. The number of benzene rings is 2. The van der Waals surface area contributed by atoms with Gasteiger partial charge in [0, 0.05) is 53.6 Å². The van der Waals surface area contributed by atoms with Crippen molar-refractivity contribution in [1.29, 1.82) is 0 Å². The number of H-pyrrole nitrogens is 2. The van der Waals surface area contributed by atoms with Crippen molar-refractivity contribution in [2.75, 3.05) is 13.7 Å². The number of carbonyl (C=O) groups excluding carboxylic acids is 1.